The van der Waals surface area contributed by atoms with Gasteiger partial charge in [0.25, 0.3) is 0 Å². The first-order chi connectivity index (χ1) is 17.4. The highest BCUT2D eigenvalue weighted by Gasteiger charge is 2.34. The van der Waals surface area contributed by atoms with E-state index in [9.17, 15) is 23.5 Å². The van der Waals surface area contributed by atoms with Crippen molar-refractivity contribution in [1.82, 2.24) is 20.1 Å². The highest BCUT2D eigenvalue weighted by atomic mass is 19.2. The fourth-order valence-corrected chi connectivity index (χ4v) is 4.84. The highest BCUT2D eigenvalue weighted by molar-refractivity contribution is 5.96. The lowest BCUT2D eigenvalue weighted by Crippen LogP contribution is -2.49. The van der Waals surface area contributed by atoms with Crippen molar-refractivity contribution >= 4 is 5.78 Å². The molecule has 36 heavy (non-hydrogen) atoms. The molecule has 5 rings (SSSR count). The van der Waals surface area contributed by atoms with Crippen molar-refractivity contribution in [1.29, 1.82) is 0 Å². The predicted molar refractivity (Wildman–Crippen MR) is 131 cm³/mol. The minimum Gasteiger partial charge on any atom is -0.503 e. The van der Waals surface area contributed by atoms with Crippen LogP contribution in [0.1, 0.15) is 39.8 Å². The summed E-state index contributed by atoms with van der Waals surface area (Å²) < 4.78 is 26.7. The molecular weight excluding hydrogens is 466 g/mol. The third kappa shape index (κ3) is 5.23. The number of aromatic amines is 1. The fraction of sp³-hybridized carbons (Fsp3) is 0.333. The van der Waals surface area contributed by atoms with Crippen molar-refractivity contribution in [3.63, 3.8) is 0 Å². The zero-order chi connectivity index (χ0) is 25.2. The molecule has 0 saturated carbocycles. The summed E-state index contributed by atoms with van der Waals surface area (Å²) in [4.78, 5) is 33.5. The molecule has 0 aliphatic carbocycles. The summed E-state index contributed by atoms with van der Waals surface area (Å²) in [5.41, 5.74) is 1.14. The minimum atomic E-state index is -0.985. The molecule has 0 radical (unpaired) electrons. The van der Waals surface area contributed by atoms with E-state index in [4.69, 9.17) is 0 Å². The maximum absolute atomic E-state index is 13.5. The Labute approximate surface area is 207 Å². The van der Waals surface area contributed by atoms with Crippen molar-refractivity contribution in [2.24, 2.45) is 0 Å². The Balaban J connectivity index is 1.42. The topological polar surface area (TPSA) is 98.6 Å². The average Bonchev–Trinajstić information content (AvgIpc) is 3.73. The number of aromatic nitrogens is 1. The number of H-pyrrole nitrogens is 1. The van der Waals surface area contributed by atoms with Crippen LogP contribution in [0.2, 0.25) is 0 Å². The summed E-state index contributed by atoms with van der Waals surface area (Å²) in [6.07, 6.45) is 0.497. The van der Waals surface area contributed by atoms with E-state index in [-0.39, 0.29) is 24.6 Å². The molecule has 2 fully saturated rings. The van der Waals surface area contributed by atoms with Crippen LogP contribution in [-0.4, -0.2) is 64.6 Å². The maximum Gasteiger partial charge on any atom is 0.224 e. The standard InChI is InChI=1S/C27H28F2N4O3/c28-19-8-6-17(14-20(19)29)7-9-22(34)25-27(36)23(35)15-21(31-25)26(18-4-2-1-3-5-18)33-12-10-32(11-13-33)24-16-30-24/h1-6,8,14-15,24,26,30,36H,7,9-13,16H2,(H,31,35). The number of nitrogens with one attached hydrogen (secondary N) is 2. The largest absolute Gasteiger partial charge is 0.503 e. The number of ketones is 1. The number of carbonyl (C=O) groups excluding carboxylic acids is 1. The molecule has 1 aromatic heterocycles. The third-order valence-corrected chi connectivity index (χ3v) is 6.88. The Kier molecular flexibility index (Phi) is 6.95. The van der Waals surface area contributed by atoms with Crippen molar-refractivity contribution in [3.05, 3.63) is 99.0 Å². The van der Waals surface area contributed by atoms with Gasteiger partial charge >= 0.3 is 0 Å². The summed E-state index contributed by atoms with van der Waals surface area (Å²) in [7, 11) is 0. The molecule has 3 aromatic rings. The molecule has 0 spiro atoms. The van der Waals surface area contributed by atoms with E-state index in [1.54, 1.807) is 0 Å². The molecule has 3 heterocycles. The SMILES string of the molecule is O=C(CCc1ccc(F)c(F)c1)c1[nH]c(C(c2ccccc2)N2CCN(C3CN3)CC2)cc(=O)c1O. The van der Waals surface area contributed by atoms with Crippen molar-refractivity contribution in [3.8, 4) is 5.75 Å². The van der Waals surface area contributed by atoms with Gasteiger partial charge in [-0.15, -0.1) is 0 Å². The van der Waals surface area contributed by atoms with E-state index in [1.807, 2.05) is 30.3 Å². The lowest BCUT2D eigenvalue weighted by atomic mass is 9.99. The van der Waals surface area contributed by atoms with Crippen LogP contribution in [0.3, 0.4) is 0 Å². The molecule has 0 bridgehead atoms. The van der Waals surface area contributed by atoms with Crippen LogP contribution < -0.4 is 10.7 Å². The molecule has 0 amide bonds. The van der Waals surface area contributed by atoms with Crippen LogP contribution in [0.25, 0.3) is 0 Å². The molecule has 2 aliphatic rings. The number of halogens is 2. The zero-order valence-electron chi connectivity index (χ0n) is 19.7. The highest BCUT2D eigenvalue weighted by Crippen LogP contribution is 2.30. The van der Waals surface area contributed by atoms with Crippen LogP contribution in [0.15, 0.2) is 59.4 Å². The monoisotopic (exact) mass is 494 g/mol. The number of nitrogens with zero attached hydrogens (tertiary/aromatic N) is 2. The van der Waals surface area contributed by atoms with Crippen LogP contribution in [-0.2, 0) is 6.42 Å². The number of hydrogen-bond donors (Lipinski definition) is 3. The number of hydrogen-bond acceptors (Lipinski definition) is 6. The van der Waals surface area contributed by atoms with Gasteiger partial charge < -0.3 is 10.1 Å². The van der Waals surface area contributed by atoms with Gasteiger partial charge in [0.2, 0.25) is 5.43 Å². The lowest BCUT2D eigenvalue weighted by Gasteiger charge is -2.39. The molecule has 2 atom stereocenters. The number of rotatable bonds is 8. The summed E-state index contributed by atoms with van der Waals surface area (Å²) >= 11 is 0. The Morgan fingerprint density at radius 1 is 1.03 bits per heavy atom. The Morgan fingerprint density at radius 3 is 2.42 bits per heavy atom. The predicted octanol–water partition coefficient (Wildman–Crippen LogP) is 2.81. The normalized spacial score (nSPS) is 19.2. The smallest absolute Gasteiger partial charge is 0.224 e. The van der Waals surface area contributed by atoms with Crippen molar-refractivity contribution in [2.45, 2.75) is 25.0 Å². The molecule has 2 aromatic carbocycles. The summed E-state index contributed by atoms with van der Waals surface area (Å²) in [5, 5.41) is 13.8. The molecule has 7 nitrogen and oxygen atoms in total. The van der Waals surface area contributed by atoms with E-state index < -0.39 is 28.6 Å². The molecule has 9 heteroatoms. The molecular formula is C27H28F2N4O3. The fourth-order valence-electron chi connectivity index (χ4n) is 4.84. The van der Waals surface area contributed by atoms with Gasteiger partial charge in [0.1, 0.15) is 5.69 Å². The van der Waals surface area contributed by atoms with Crippen LogP contribution >= 0.6 is 0 Å². The maximum atomic E-state index is 13.5. The van der Waals surface area contributed by atoms with Gasteiger partial charge in [-0.3, -0.25) is 24.7 Å². The second-order valence-electron chi connectivity index (χ2n) is 9.29. The zero-order valence-corrected chi connectivity index (χ0v) is 19.7. The number of aromatic hydroxyl groups is 1. The molecule has 2 saturated heterocycles. The van der Waals surface area contributed by atoms with Gasteiger partial charge in [0.05, 0.1) is 12.2 Å². The van der Waals surface area contributed by atoms with Gasteiger partial charge in [0, 0.05) is 50.9 Å². The Morgan fingerprint density at radius 2 is 1.75 bits per heavy atom. The number of Topliss-reactive ketones (excluding diaryl/α,β-unsaturated/α-hetero) is 1. The average molecular weight is 495 g/mol. The van der Waals surface area contributed by atoms with Gasteiger partial charge in [-0.1, -0.05) is 36.4 Å². The van der Waals surface area contributed by atoms with E-state index in [2.05, 4.69) is 20.1 Å². The van der Waals surface area contributed by atoms with E-state index >= 15 is 0 Å². The van der Waals surface area contributed by atoms with Gasteiger partial charge in [-0.2, -0.15) is 0 Å². The first-order valence-corrected chi connectivity index (χ1v) is 12.1. The number of aryl methyl sites for hydroxylation is 1. The molecule has 3 N–H and O–H groups in total. The number of benzene rings is 2. The van der Waals surface area contributed by atoms with Crippen molar-refractivity contribution in [2.75, 3.05) is 32.7 Å². The number of pyridine rings is 1. The minimum absolute atomic E-state index is 0.0822. The second kappa shape index (κ2) is 10.3. The summed E-state index contributed by atoms with van der Waals surface area (Å²) in [6, 6.07) is 14.3. The number of carbonyl (C=O) groups is 1. The van der Waals surface area contributed by atoms with Gasteiger partial charge in [-0.25, -0.2) is 8.78 Å². The lowest BCUT2D eigenvalue weighted by molar-refractivity contribution is 0.0965. The van der Waals surface area contributed by atoms with Crippen molar-refractivity contribution < 1.29 is 18.7 Å². The van der Waals surface area contributed by atoms with E-state index in [0.29, 0.717) is 17.4 Å². The Bertz CT molecular complexity index is 1300. The van der Waals surface area contributed by atoms with Gasteiger partial charge in [-0.05, 0) is 29.7 Å². The first-order valence-electron chi connectivity index (χ1n) is 12.1. The Hall–Kier alpha value is -3.40. The molecule has 2 unspecified atom stereocenters. The van der Waals surface area contributed by atoms with E-state index in [1.165, 1.54) is 12.1 Å². The van der Waals surface area contributed by atoms with Crippen LogP contribution in [0.5, 0.6) is 5.75 Å². The van der Waals surface area contributed by atoms with Gasteiger partial charge in [0.15, 0.2) is 23.2 Å². The third-order valence-electron chi connectivity index (χ3n) is 6.88. The van der Waals surface area contributed by atoms with E-state index in [0.717, 1.165) is 50.4 Å². The molecule has 2 aliphatic heterocycles. The number of piperazine rings is 1. The summed E-state index contributed by atoms with van der Waals surface area (Å²) in [6.45, 7) is 4.32. The van der Waals surface area contributed by atoms with Crippen LogP contribution in [0, 0.1) is 11.6 Å². The first kappa shape index (κ1) is 24.3. The molecule has 188 valence electrons. The quantitative estimate of drug-likeness (QED) is 0.329. The second-order valence-corrected chi connectivity index (χ2v) is 9.29. The summed E-state index contributed by atoms with van der Waals surface area (Å²) in [5.74, 6) is -3.06. The van der Waals surface area contributed by atoms with Crippen LogP contribution in [0.4, 0.5) is 8.78 Å².